The van der Waals surface area contributed by atoms with E-state index in [1.807, 2.05) is 18.3 Å². The van der Waals surface area contributed by atoms with E-state index in [-0.39, 0.29) is 38.6 Å². The molecule has 0 fully saturated rings. The van der Waals surface area contributed by atoms with Gasteiger partial charge >= 0.3 is 0 Å². The van der Waals surface area contributed by atoms with E-state index in [2.05, 4.69) is 11.2 Å². The van der Waals surface area contributed by atoms with E-state index in [0.717, 1.165) is 0 Å². The topological polar surface area (TPSA) is 15.8 Å². The summed E-state index contributed by atoms with van der Waals surface area (Å²) in [6.45, 7) is 0. The molecule has 0 bridgehead atoms. The Morgan fingerprint density at radius 2 is 2.33 bits per heavy atom. The first-order valence-corrected chi connectivity index (χ1v) is 1.49. The molecular formula is C4H4NTb-. The molecule has 0 spiro atoms. The fraction of sp³-hybridized carbons (Fsp3) is 0. The molecule has 1 nitrogen and oxygen atoms in total. The zero-order chi connectivity index (χ0) is 3.54. The summed E-state index contributed by atoms with van der Waals surface area (Å²) < 4.78 is 0. The Kier molecular flexibility index (Phi) is 4.10. The van der Waals surface area contributed by atoms with Gasteiger partial charge in [-0.1, -0.05) is 0 Å². The predicted molar refractivity (Wildman–Crippen MR) is 19.6 cm³/mol. The maximum Gasteiger partial charge on any atom is 0 e. The van der Waals surface area contributed by atoms with Crippen LogP contribution in [0, 0.1) is 44.8 Å². The molecule has 0 aromatic carbocycles. The van der Waals surface area contributed by atoms with Crippen LogP contribution in [-0.4, -0.2) is 4.98 Å². The Morgan fingerprint density at radius 3 is 2.50 bits per heavy atom. The first-order chi connectivity index (χ1) is 2.50. The molecular weight excluding hydrogens is 221 g/mol. The summed E-state index contributed by atoms with van der Waals surface area (Å²) in [5.41, 5.74) is 0. The van der Waals surface area contributed by atoms with Crippen LogP contribution < -0.4 is 0 Å². The summed E-state index contributed by atoms with van der Waals surface area (Å²) in [6.07, 6.45) is 4.56. The van der Waals surface area contributed by atoms with Crippen molar-refractivity contribution in [3.05, 3.63) is 24.5 Å². The van der Waals surface area contributed by atoms with Crippen molar-refractivity contribution < 1.29 is 38.6 Å². The minimum absolute atomic E-state index is 0. The van der Waals surface area contributed by atoms with Crippen LogP contribution in [0.3, 0.4) is 0 Å². The molecule has 2 heteroatoms. The van der Waals surface area contributed by atoms with Crippen LogP contribution in [-0.2, 0) is 0 Å². The first-order valence-electron chi connectivity index (χ1n) is 1.49. The van der Waals surface area contributed by atoms with E-state index in [9.17, 15) is 0 Å². The molecule has 6 heavy (non-hydrogen) atoms. The fourth-order valence-corrected chi connectivity index (χ4v) is 0.241. The van der Waals surface area contributed by atoms with Gasteiger partial charge < -0.3 is 4.98 Å². The Balaban J connectivity index is 0.000000250. The third-order valence-electron chi connectivity index (χ3n) is 0.442. The minimum Gasteiger partial charge on any atom is -0.484 e. The molecule has 0 saturated carbocycles. The van der Waals surface area contributed by atoms with Gasteiger partial charge in [0.2, 0.25) is 0 Å². The van der Waals surface area contributed by atoms with Crippen molar-refractivity contribution in [1.82, 2.24) is 4.98 Å². The van der Waals surface area contributed by atoms with Gasteiger partial charge in [-0.15, -0.1) is 6.20 Å². The molecule has 0 aliphatic carbocycles. The average molecular weight is 225 g/mol. The molecule has 1 heterocycles. The largest absolute Gasteiger partial charge is 0.484 e. The van der Waals surface area contributed by atoms with Crippen LogP contribution in [0.15, 0.2) is 18.3 Å². The van der Waals surface area contributed by atoms with Crippen molar-refractivity contribution in [2.75, 3.05) is 0 Å². The Morgan fingerprint density at radius 1 is 1.50 bits per heavy atom. The van der Waals surface area contributed by atoms with Crippen molar-refractivity contribution in [1.29, 1.82) is 0 Å². The van der Waals surface area contributed by atoms with Gasteiger partial charge in [0.1, 0.15) is 0 Å². The third-order valence-corrected chi connectivity index (χ3v) is 0.442. The average Bonchev–Trinajstić information content (AvgIpc) is 1.76. The van der Waals surface area contributed by atoms with Gasteiger partial charge in [-0.3, -0.25) is 0 Å². The van der Waals surface area contributed by atoms with Crippen molar-refractivity contribution in [2.45, 2.75) is 0 Å². The minimum atomic E-state index is 0. The van der Waals surface area contributed by atoms with E-state index in [1.165, 1.54) is 0 Å². The van der Waals surface area contributed by atoms with E-state index in [0.29, 0.717) is 0 Å². The van der Waals surface area contributed by atoms with Crippen LogP contribution in [0.25, 0.3) is 0 Å². The van der Waals surface area contributed by atoms with E-state index in [4.69, 9.17) is 0 Å². The predicted octanol–water partition coefficient (Wildman–Crippen LogP) is 0.815. The summed E-state index contributed by atoms with van der Waals surface area (Å²) in [6, 6.07) is 3.71. The molecule has 0 aliphatic heterocycles. The molecule has 1 radical (unpaired) electrons. The summed E-state index contributed by atoms with van der Waals surface area (Å²) >= 11 is 0. The van der Waals surface area contributed by atoms with E-state index in [1.54, 1.807) is 0 Å². The van der Waals surface area contributed by atoms with Gasteiger partial charge in [0.25, 0.3) is 0 Å². The maximum atomic E-state index is 2.74. The molecule has 1 rings (SSSR count). The van der Waals surface area contributed by atoms with Crippen molar-refractivity contribution in [3.8, 4) is 0 Å². The number of H-pyrrole nitrogens is 1. The molecule has 1 aromatic heterocycles. The number of aromatic nitrogens is 1. The number of aromatic amines is 1. The maximum absolute atomic E-state index is 2.74. The monoisotopic (exact) mass is 225 g/mol. The number of nitrogens with one attached hydrogen (secondary N) is 1. The van der Waals surface area contributed by atoms with Gasteiger partial charge in [0.15, 0.2) is 0 Å². The van der Waals surface area contributed by atoms with Gasteiger partial charge in [0, 0.05) is 38.6 Å². The molecule has 0 amide bonds. The third kappa shape index (κ3) is 1.87. The number of rotatable bonds is 0. The Labute approximate surface area is 67.6 Å². The van der Waals surface area contributed by atoms with Crippen molar-refractivity contribution in [3.63, 3.8) is 0 Å². The zero-order valence-electron chi connectivity index (χ0n) is 3.07. The molecule has 1 N–H and O–H groups in total. The fourth-order valence-electron chi connectivity index (χ4n) is 0.241. The smallest absolute Gasteiger partial charge is 0 e. The van der Waals surface area contributed by atoms with Crippen molar-refractivity contribution in [2.24, 2.45) is 0 Å². The summed E-state index contributed by atoms with van der Waals surface area (Å²) in [5, 5.41) is 0. The van der Waals surface area contributed by atoms with Crippen molar-refractivity contribution >= 4 is 0 Å². The van der Waals surface area contributed by atoms with Gasteiger partial charge in [-0.2, -0.15) is 18.3 Å². The standard InChI is InChI=1S/C4H4N.Tb/c1-2-4-5-3-1;/h1-3,5H;/q-1;. The second-order valence-electron chi connectivity index (χ2n) is 0.814. The molecule has 35 valence electrons. The van der Waals surface area contributed by atoms with Crippen LogP contribution >= 0.6 is 0 Å². The molecule has 0 aliphatic rings. The number of hydrogen-bond acceptors (Lipinski definition) is 0. The van der Waals surface area contributed by atoms with Gasteiger partial charge in [0.05, 0.1) is 0 Å². The van der Waals surface area contributed by atoms with E-state index >= 15 is 0 Å². The van der Waals surface area contributed by atoms with Crippen LogP contribution in [0.5, 0.6) is 0 Å². The molecule has 0 unspecified atom stereocenters. The van der Waals surface area contributed by atoms with Crippen LogP contribution in [0.4, 0.5) is 0 Å². The van der Waals surface area contributed by atoms with Gasteiger partial charge in [-0.05, 0) is 0 Å². The van der Waals surface area contributed by atoms with Crippen LogP contribution in [0.2, 0.25) is 0 Å². The van der Waals surface area contributed by atoms with Crippen LogP contribution in [0.1, 0.15) is 0 Å². The summed E-state index contributed by atoms with van der Waals surface area (Å²) in [4.78, 5) is 2.74. The molecule has 1 aromatic rings. The number of hydrogen-bond donors (Lipinski definition) is 1. The van der Waals surface area contributed by atoms with Gasteiger partial charge in [-0.25, -0.2) is 0 Å². The molecule has 0 saturated heterocycles. The Bertz CT molecular complexity index is 64.0. The Hall–Kier alpha value is 0.566. The summed E-state index contributed by atoms with van der Waals surface area (Å²) in [5.74, 6) is 0. The first kappa shape index (κ1) is 6.57. The second kappa shape index (κ2) is 3.75. The summed E-state index contributed by atoms with van der Waals surface area (Å²) in [7, 11) is 0. The molecule has 0 atom stereocenters. The zero-order valence-corrected chi connectivity index (χ0v) is 5.20. The quantitative estimate of drug-likeness (QED) is 0.629. The van der Waals surface area contributed by atoms with E-state index < -0.39 is 0 Å². The normalized spacial score (nSPS) is 6.67. The second-order valence-corrected chi connectivity index (χ2v) is 0.814. The SMILES string of the molecule is [Tb].[c-]1ccc[nH]1.